The summed E-state index contributed by atoms with van der Waals surface area (Å²) in [7, 11) is 0. The Hall–Kier alpha value is -1.45. The maximum absolute atomic E-state index is 14.1. The molecule has 0 aromatic heterocycles. The van der Waals surface area contributed by atoms with Crippen molar-refractivity contribution < 1.29 is 8.78 Å². The molecule has 112 valence electrons. The predicted octanol–water partition coefficient (Wildman–Crippen LogP) is 5.02. The number of nitrogens with one attached hydrogen (secondary N) is 1. The molecule has 0 saturated carbocycles. The standard InChI is InChI=1S/C17H18ClF2N/c1-3-6-21-17(12-7-11(2)8-13(18)9-12)15-10-14(19)4-5-16(15)20/h4-5,7-10,17,21H,3,6H2,1-2H3. The highest BCUT2D eigenvalue weighted by atomic mass is 35.5. The Morgan fingerprint density at radius 2 is 1.90 bits per heavy atom. The summed E-state index contributed by atoms with van der Waals surface area (Å²) in [6, 6.07) is 8.65. The largest absolute Gasteiger partial charge is 0.306 e. The third kappa shape index (κ3) is 4.02. The highest BCUT2D eigenvalue weighted by molar-refractivity contribution is 6.30. The molecule has 0 aliphatic heterocycles. The zero-order valence-corrected chi connectivity index (χ0v) is 12.8. The van der Waals surface area contributed by atoms with E-state index in [4.69, 9.17) is 11.6 Å². The topological polar surface area (TPSA) is 12.0 Å². The van der Waals surface area contributed by atoms with Gasteiger partial charge >= 0.3 is 0 Å². The van der Waals surface area contributed by atoms with Crippen molar-refractivity contribution in [2.45, 2.75) is 26.3 Å². The van der Waals surface area contributed by atoms with Gasteiger partial charge in [0.05, 0.1) is 6.04 Å². The van der Waals surface area contributed by atoms with Crippen LogP contribution >= 0.6 is 11.6 Å². The van der Waals surface area contributed by atoms with Crippen LogP contribution in [-0.2, 0) is 0 Å². The van der Waals surface area contributed by atoms with E-state index in [9.17, 15) is 8.78 Å². The molecule has 4 heteroatoms. The highest BCUT2D eigenvalue weighted by Crippen LogP contribution is 2.28. The number of rotatable bonds is 5. The smallest absolute Gasteiger partial charge is 0.128 e. The third-order valence-electron chi connectivity index (χ3n) is 3.27. The first-order valence-corrected chi connectivity index (χ1v) is 7.34. The van der Waals surface area contributed by atoms with Crippen molar-refractivity contribution in [1.82, 2.24) is 5.32 Å². The molecule has 0 amide bonds. The van der Waals surface area contributed by atoms with Gasteiger partial charge in [0.2, 0.25) is 0 Å². The second-order valence-corrected chi connectivity index (χ2v) is 5.55. The van der Waals surface area contributed by atoms with Crippen LogP contribution in [0.5, 0.6) is 0 Å². The molecule has 0 fully saturated rings. The SMILES string of the molecule is CCCNC(c1cc(C)cc(Cl)c1)c1cc(F)ccc1F. The van der Waals surface area contributed by atoms with Crippen molar-refractivity contribution in [2.75, 3.05) is 6.54 Å². The Bertz CT molecular complexity index is 608. The van der Waals surface area contributed by atoms with Gasteiger partial charge in [-0.25, -0.2) is 8.78 Å². The molecule has 0 heterocycles. The van der Waals surface area contributed by atoms with Crippen LogP contribution in [0.1, 0.15) is 36.1 Å². The quantitative estimate of drug-likeness (QED) is 0.818. The highest BCUT2D eigenvalue weighted by Gasteiger charge is 2.18. The third-order valence-corrected chi connectivity index (χ3v) is 3.48. The van der Waals surface area contributed by atoms with Crippen molar-refractivity contribution in [3.63, 3.8) is 0 Å². The molecule has 0 bridgehead atoms. The van der Waals surface area contributed by atoms with Crippen molar-refractivity contribution in [3.05, 3.63) is 69.7 Å². The lowest BCUT2D eigenvalue weighted by Crippen LogP contribution is -2.24. The average Bonchev–Trinajstić information content (AvgIpc) is 2.42. The van der Waals surface area contributed by atoms with E-state index in [-0.39, 0.29) is 0 Å². The van der Waals surface area contributed by atoms with Gasteiger partial charge in [0, 0.05) is 10.6 Å². The second-order valence-electron chi connectivity index (χ2n) is 5.11. The summed E-state index contributed by atoms with van der Waals surface area (Å²) in [5.74, 6) is -0.879. The Morgan fingerprint density at radius 1 is 1.14 bits per heavy atom. The molecule has 1 atom stereocenters. The van der Waals surface area contributed by atoms with E-state index < -0.39 is 17.7 Å². The van der Waals surface area contributed by atoms with Crippen LogP contribution in [0.25, 0.3) is 0 Å². The van der Waals surface area contributed by atoms with E-state index in [1.54, 1.807) is 6.07 Å². The predicted molar refractivity (Wildman–Crippen MR) is 82.7 cm³/mol. The number of hydrogen-bond acceptors (Lipinski definition) is 1. The lowest BCUT2D eigenvalue weighted by molar-refractivity contribution is 0.535. The van der Waals surface area contributed by atoms with Crippen molar-refractivity contribution in [3.8, 4) is 0 Å². The fraction of sp³-hybridized carbons (Fsp3) is 0.294. The zero-order valence-electron chi connectivity index (χ0n) is 12.1. The van der Waals surface area contributed by atoms with E-state index in [1.165, 1.54) is 6.07 Å². The number of halogens is 3. The minimum absolute atomic E-state index is 0.296. The van der Waals surface area contributed by atoms with Gasteiger partial charge in [0.25, 0.3) is 0 Å². The molecule has 0 saturated heterocycles. The molecule has 0 radical (unpaired) electrons. The molecule has 0 aliphatic carbocycles. The monoisotopic (exact) mass is 309 g/mol. The first-order chi connectivity index (χ1) is 10.0. The first-order valence-electron chi connectivity index (χ1n) is 6.96. The number of aryl methyl sites for hydroxylation is 1. The summed E-state index contributed by atoms with van der Waals surface area (Å²) in [6.07, 6.45) is 0.896. The van der Waals surface area contributed by atoms with Gasteiger partial charge in [0.15, 0.2) is 0 Å². The molecule has 21 heavy (non-hydrogen) atoms. The summed E-state index contributed by atoms with van der Waals surface area (Å²) < 4.78 is 27.6. The molecule has 1 N–H and O–H groups in total. The van der Waals surface area contributed by atoms with Crippen LogP contribution in [0.15, 0.2) is 36.4 Å². The van der Waals surface area contributed by atoms with E-state index in [2.05, 4.69) is 5.32 Å². The minimum atomic E-state index is -0.451. The maximum atomic E-state index is 14.1. The van der Waals surface area contributed by atoms with Crippen LogP contribution in [0.4, 0.5) is 8.78 Å². The lowest BCUT2D eigenvalue weighted by Gasteiger charge is -2.21. The van der Waals surface area contributed by atoms with Gasteiger partial charge in [-0.05, 0) is 61.3 Å². The summed E-state index contributed by atoms with van der Waals surface area (Å²) in [6.45, 7) is 4.65. The molecular weight excluding hydrogens is 292 g/mol. The molecule has 1 nitrogen and oxygen atoms in total. The Labute approximate surface area is 128 Å². The average molecular weight is 310 g/mol. The molecular formula is C17H18ClF2N. The van der Waals surface area contributed by atoms with E-state index in [0.29, 0.717) is 17.1 Å². The summed E-state index contributed by atoms with van der Waals surface area (Å²) >= 11 is 6.09. The Balaban J connectivity index is 2.49. The second kappa shape index (κ2) is 7.01. The van der Waals surface area contributed by atoms with Gasteiger partial charge in [0.1, 0.15) is 11.6 Å². The van der Waals surface area contributed by atoms with Crippen LogP contribution in [0, 0.1) is 18.6 Å². The van der Waals surface area contributed by atoms with Crippen LogP contribution in [0.3, 0.4) is 0 Å². The number of benzene rings is 2. The normalized spacial score (nSPS) is 12.4. The summed E-state index contributed by atoms with van der Waals surface area (Å²) in [5.41, 5.74) is 2.11. The van der Waals surface area contributed by atoms with Crippen molar-refractivity contribution in [1.29, 1.82) is 0 Å². The fourth-order valence-corrected chi connectivity index (χ4v) is 2.66. The van der Waals surface area contributed by atoms with Crippen molar-refractivity contribution in [2.24, 2.45) is 0 Å². The molecule has 1 unspecified atom stereocenters. The maximum Gasteiger partial charge on any atom is 0.128 e. The van der Waals surface area contributed by atoms with Gasteiger partial charge < -0.3 is 5.32 Å². The van der Waals surface area contributed by atoms with Crippen molar-refractivity contribution >= 4 is 11.6 Å². The zero-order chi connectivity index (χ0) is 15.4. The van der Waals surface area contributed by atoms with E-state index in [1.807, 2.05) is 26.0 Å². The van der Waals surface area contributed by atoms with Crippen LogP contribution < -0.4 is 5.32 Å². The van der Waals surface area contributed by atoms with Gasteiger partial charge in [-0.2, -0.15) is 0 Å². The van der Waals surface area contributed by atoms with Crippen LogP contribution in [0.2, 0.25) is 5.02 Å². The number of hydrogen-bond donors (Lipinski definition) is 1. The van der Waals surface area contributed by atoms with Crippen LogP contribution in [-0.4, -0.2) is 6.54 Å². The van der Waals surface area contributed by atoms with Gasteiger partial charge in [-0.15, -0.1) is 0 Å². The summed E-state index contributed by atoms with van der Waals surface area (Å²) in [5, 5.41) is 3.85. The van der Waals surface area contributed by atoms with E-state index >= 15 is 0 Å². The fourth-order valence-electron chi connectivity index (χ4n) is 2.36. The molecule has 0 aliphatic rings. The van der Waals surface area contributed by atoms with E-state index in [0.717, 1.165) is 29.7 Å². The molecule has 0 spiro atoms. The Kier molecular flexibility index (Phi) is 5.32. The van der Waals surface area contributed by atoms with Gasteiger partial charge in [-0.1, -0.05) is 24.6 Å². The summed E-state index contributed by atoms with van der Waals surface area (Å²) in [4.78, 5) is 0. The molecule has 2 aromatic carbocycles. The van der Waals surface area contributed by atoms with Gasteiger partial charge in [-0.3, -0.25) is 0 Å². The minimum Gasteiger partial charge on any atom is -0.306 e. The first kappa shape index (κ1) is 15.9. The lowest BCUT2D eigenvalue weighted by atomic mass is 9.96. The molecule has 2 rings (SSSR count). The Morgan fingerprint density at radius 3 is 2.57 bits per heavy atom. The molecule has 2 aromatic rings.